The van der Waals surface area contributed by atoms with Gasteiger partial charge in [0, 0.05) is 6.54 Å². The minimum Gasteiger partial charge on any atom is -0.307 e. The van der Waals surface area contributed by atoms with Gasteiger partial charge >= 0.3 is 0 Å². The molecule has 1 aliphatic heterocycles. The molecule has 1 unspecified atom stereocenters. The van der Waals surface area contributed by atoms with E-state index in [4.69, 9.17) is 0 Å². The average molecular weight is 271 g/mol. The Kier molecular flexibility index (Phi) is 9.72. The molecular formula is C17H38N2. The van der Waals surface area contributed by atoms with Crippen LogP contribution in [0.4, 0.5) is 0 Å². The van der Waals surface area contributed by atoms with Gasteiger partial charge < -0.3 is 9.80 Å². The number of nitrogens with zero attached hydrogens (tertiary/aromatic N) is 2. The molecule has 19 heavy (non-hydrogen) atoms. The predicted octanol–water partition coefficient (Wildman–Crippen LogP) is 4.11. The maximum absolute atomic E-state index is 2.67. The van der Waals surface area contributed by atoms with E-state index in [1.165, 1.54) is 52.0 Å². The smallest absolute Gasteiger partial charge is 0.000750 e. The zero-order valence-corrected chi connectivity index (χ0v) is 14.6. The van der Waals surface area contributed by atoms with Crippen LogP contribution in [0.1, 0.15) is 60.8 Å². The van der Waals surface area contributed by atoms with Gasteiger partial charge in [-0.05, 0) is 63.8 Å². The molecule has 116 valence electrons. The number of piperidine rings is 1. The summed E-state index contributed by atoms with van der Waals surface area (Å²) in [5.74, 6) is 0.838. The summed E-state index contributed by atoms with van der Waals surface area (Å²) < 4.78 is 0. The van der Waals surface area contributed by atoms with Crippen molar-refractivity contribution < 1.29 is 0 Å². The minimum absolute atomic E-state index is 0.585. The Morgan fingerprint density at radius 1 is 1.16 bits per heavy atom. The standard InChI is InChI=1S/C15H32N2.C2H6/c1-6-16(5)10-7-14(2)13-17-11-8-15(3,4)9-12-17;1-2/h14H,6-13H2,1-5H3;1-2H3. The van der Waals surface area contributed by atoms with Crippen LogP contribution in [-0.4, -0.2) is 49.6 Å². The molecule has 0 aromatic carbocycles. The second-order valence-electron chi connectivity index (χ2n) is 6.75. The van der Waals surface area contributed by atoms with Crippen molar-refractivity contribution in [3.8, 4) is 0 Å². The second-order valence-corrected chi connectivity index (χ2v) is 6.75. The Morgan fingerprint density at radius 2 is 1.68 bits per heavy atom. The normalized spacial score (nSPS) is 20.8. The molecule has 1 atom stereocenters. The summed E-state index contributed by atoms with van der Waals surface area (Å²) in [6, 6.07) is 0. The third-order valence-corrected chi connectivity index (χ3v) is 4.32. The van der Waals surface area contributed by atoms with Gasteiger partial charge in [-0.2, -0.15) is 0 Å². The highest BCUT2D eigenvalue weighted by molar-refractivity contribution is 4.79. The summed E-state index contributed by atoms with van der Waals surface area (Å²) in [7, 11) is 2.22. The second kappa shape index (κ2) is 9.77. The molecule has 0 spiro atoms. The molecule has 1 rings (SSSR count). The van der Waals surface area contributed by atoms with Crippen LogP contribution in [0.5, 0.6) is 0 Å². The lowest BCUT2D eigenvalue weighted by atomic mass is 9.82. The van der Waals surface area contributed by atoms with Crippen molar-refractivity contribution in [2.45, 2.75) is 60.8 Å². The van der Waals surface area contributed by atoms with Crippen LogP contribution < -0.4 is 0 Å². The molecule has 1 fully saturated rings. The molecule has 0 amide bonds. The Bertz CT molecular complexity index is 203. The van der Waals surface area contributed by atoms with E-state index in [1.54, 1.807) is 0 Å². The number of hydrogen-bond donors (Lipinski definition) is 0. The first kappa shape index (κ1) is 18.9. The summed E-state index contributed by atoms with van der Waals surface area (Å²) in [6.45, 7) is 19.8. The van der Waals surface area contributed by atoms with Gasteiger partial charge in [-0.25, -0.2) is 0 Å². The van der Waals surface area contributed by atoms with Crippen LogP contribution in [-0.2, 0) is 0 Å². The van der Waals surface area contributed by atoms with Crippen LogP contribution in [0.15, 0.2) is 0 Å². The Balaban J connectivity index is 0.00000154. The molecular weight excluding hydrogens is 232 g/mol. The molecule has 0 aliphatic carbocycles. The van der Waals surface area contributed by atoms with Crippen molar-refractivity contribution in [2.75, 3.05) is 39.8 Å². The van der Waals surface area contributed by atoms with E-state index < -0.39 is 0 Å². The maximum Gasteiger partial charge on any atom is 0.000750 e. The predicted molar refractivity (Wildman–Crippen MR) is 87.8 cm³/mol. The lowest BCUT2D eigenvalue weighted by Gasteiger charge is -2.38. The van der Waals surface area contributed by atoms with Crippen LogP contribution in [0.2, 0.25) is 0 Å². The van der Waals surface area contributed by atoms with Crippen LogP contribution >= 0.6 is 0 Å². The maximum atomic E-state index is 2.67. The summed E-state index contributed by atoms with van der Waals surface area (Å²) >= 11 is 0. The van der Waals surface area contributed by atoms with E-state index in [1.807, 2.05) is 13.8 Å². The average Bonchev–Trinajstić information content (AvgIpc) is 2.41. The fraction of sp³-hybridized carbons (Fsp3) is 1.00. The summed E-state index contributed by atoms with van der Waals surface area (Å²) in [5, 5.41) is 0. The first-order chi connectivity index (χ1) is 8.93. The highest BCUT2D eigenvalue weighted by atomic mass is 15.1. The van der Waals surface area contributed by atoms with E-state index in [0.717, 1.165) is 5.92 Å². The highest BCUT2D eigenvalue weighted by Crippen LogP contribution is 2.30. The van der Waals surface area contributed by atoms with Crippen molar-refractivity contribution in [2.24, 2.45) is 11.3 Å². The summed E-state index contributed by atoms with van der Waals surface area (Å²) in [5.41, 5.74) is 0.585. The van der Waals surface area contributed by atoms with E-state index in [9.17, 15) is 0 Å². The topological polar surface area (TPSA) is 6.48 Å². The number of likely N-dealkylation sites (tertiary alicyclic amines) is 1. The van der Waals surface area contributed by atoms with Gasteiger partial charge in [0.05, 0.1) is 0 Å². The lowest BCUT2D eigenvalue weighted by molar-refractivity contribution is 0.116. The molecule has 0 saturated carbocycles. The van der Waals surface area contributed by atoms with Gasteiger partial charge in [-0.3, -0.25) is 0 Å². The Hall–Kier alpha value is -0.0800. The van der Waals surface area contributed by atoms with Crippen molar-refractivity contribution in [3.05, 3.63) is 0 Å². The molecule has 1 heterocycles. The van der Waals surface area contributed by atoms with Gasteiger partial charge in [0.15, 0.2) is 0 Å². The van der Waals surface area contributed by atoms with Crippen LogP contribution in [0.3, 0.4) is 0 Å². The van der Waals surface area contributed by atoms with Crippen LogP contribution in [0.25, 0.3) is 0 Å². The third kappa shape index (κ3) is 8.65. The van der Waals surface area contributed by atoms with Gasteiger partial charge in [0.1, 0.15) is 0 Å². The van der Waals surface area contributed by atoms with Crippen molar-refractivity contribution in [3.63, 3.8) is 0 Å². The molecule has 0 aromatic heterocycles. The van der Waals surface area contributed by atoms with Gasteiger partial charge in [-0.1, -0.05) is 41.5 Å². The summed E-state index contributed by atoms with van der Waals surface area (Å²) in [4.78, 5) is 5.08. The van der Waals surface area contributed by atoms with Gasteiger partial charge in [-0.15, -0.1) is 0 Å². The number of rotatable bonds is 6. The SMILES string of the molecule is CC.CCN(C)CCC(C)CN1CCC(C)(C)CC1. The lowest BCUT2D eigenvalue weighted by Crippen LogP contribution is -2.39. The first-order valence-corrected chi connectivity index (χ1v) is 8.34. The van der Waals surface area contributed by atoms with Gasteiger partial charge in [0.25, 0.3) is 0 Å². The van der Waals surface area contributed by atoms with Crippen molar-refractivity contribution in [1.82, 2.24) is 9.80 Å². The zero-order valence-electron chi connectivity index (χ0n) is 14.6. The molecule has 0 radical (unpaired) electrons. The van der Waals surface area contributed by atoms with E-state index >= 15 is 0 Å². The first-order valence-electron chi connectivity index (χ1n) is 8.34. The van der Waals surface area contributed by atoms with Crippen LogP contribution in [0, 0.1) is 11.3 Å². The summed E-state index contributed by atoms with van der Waals surface area (Å²) in [6.07, 6.45) is 4.08. The van der Waals surface area contributed by atoms with Gasteiger partial charge in [0.2, 0.25) is 0 Å². The fourth-order valence-electron chi connectivity index (χ4n) is 2.47. The fourth-order valence-corrected chi connectivity index (χ4v) is 2.47. The zero-order chi connectivity index (χ0) is 14.9. The minimum atomic E-state index is 0.585. The van der Waals surface area contributed by atoms with E-state index in [0.29, 0.717) is 5.41 Å². The van der Waals surface area contributed by atoms with E-state index in [-0.39, 0.29) is 0 Å². The monoisotopic (exact) mass is 270 g/mol. The largest absolute Gasteiger partial charge is 0.307 e. The quantitative estimate of drug-likeness (QED) is 0.716. The molecule has 0 bridgehead atoms. The third-order valence-electron chi connectivity index (χ3n) is 4.32. The Labute approximate surface area is 122 Å². The van der Waals surface area contributed by atoms with E-state index in [2.05, 4.69) is 44.5 Å². The molecule has 2 heteroatoms. The Morgan fingerprint density at radius 3 is 2.16 bits per heavy atom. The molecule has 0 aromatic rings. The molecule has 2 nitrogen and oxygen atoms in total. The molecule has 1 saturated heterocycles. The van der Waals surface area contributed by atoms with Crippen molar-refractivity contribution in [1.29, 1.82) is 0 Å². The molecule has 0 N–H and O–H groups in total. The number of hydrogen-bond acceptors (Lipinski definition) is 2. The van der Waals surface area contributed by atoms with Crippen molar-refractivity contribution >= 4 is 0 Å². The molecule has 1 aliphatic rings. The highest BCUT2D eigenvalue weighted by Gasteiger charge is 2.25.